The van der Waals surface area contributed by atoms with Crippen LogP contribution in [0.5, 0.6) is 5.75 Å². The fourth-order valence-electron chi connectivity index (χ4n) is 1.89. The average molecular weight is 374 g/mol. The topological polar surface area (TPSA) is 9.23 Å². The van der Waals surface area contributed by atoms with Gasteiger partial charge in [-0.05, 0) is 47.4 Å². The summed E-state index contributed by atoms with van der Waals surface area (Å²) >= 11 is 15.4. The lowest BCUT2D eigenvalue weighted by Crippen LogP contribution is -2.00. The molecule has 1 nitrogen and oxygen atoms in total. The van der Waals surface area contributed by atoms with Crippen LogP contribution in [0.4, 0.5) is 0 Å². The summed E-state index contributed by atoms with van der Waals surface area (Å²) in [4.78, 5) is 0. The zero-order valence-corrected chi connectivity index (χ0v) is 14.4. The van der Waals surface area contributed by atoms with Gasteiger partial charge in [0, 0.05) is 4.47 Å². The predicted molar refractivity (Wildman–Crippen MR) is 89.0 cm³/mol. The van der Waals surface area contributed by atoms with Crippen molar-refractivity contribution >= 4 is 39.1 Å². The van der Waals surface area contributed by atoms with Crippen LogP contribution in [0.25, 0.3) is 0 Å². The number of hydrogen-bond donors (Lipinski definition) is 0. The molecule has 2 rings (SSSR count). The molecule has 20 heavy (non-hydrogen) atoms. The minimum Gasteiger partial charge on any atom is -0.489 e. The summed E-state index contributed by atoms with van der Waals surface area (Å²) in [6.45, 7) is 4.76. The lowest BCUT2D eigenvalue weighted by Gasteiger charge is -2.14. The van der Waals surface area contributed by atoms with E-state index in [4.69, 9.17) is 27.9 Å². The summed E-state index contributed by atoms with van der Waals surface area (Å²) in [7, 11) is 0. The van der Waals surface area contributed by atoms with Crippen LogP contribution < -0.4 is 4.74 Å². The van der Waals surface area contributed by atoms with Gasteiger partial charge in [-0.3, -0.25) is 0 Å². The van der Waals surface area contributed by atoms with Gasteiger partial charge < -0.3 is 4.74 Å². The highest BCUT2D eigenvalue weighted by Gasteiger charge is 2.09. The van der Waals surface area contributed by atoms with Crippen LogP contribution in [-0.4, -0.2) is 0 Å². The van der Waals surface area contributed by atoms with Crippen molar-refractivity contribution in [3.63, 3.8) is 0 Å². The Balaban J connectivity index is 2.16. The van der Waals surface area contributed by atoms with Gasteiger partial charge in [-0.2, -0.15) is 0 Å². The van der Waals surface area contributed by atoms with Crippen molar-refractivity contribution in [1.82, 2.24) is 0 Å². The molecule has 0 unspecified atom stereocenters. The van der Waals surface area contributed by atoms with Crippen molar-refractivity contribution < 1.29 is 4.74 Å². The molecular weight excluding hydrogens is 359 g/mol. The maximum atomic E-state index is 6.00. The van der Waals surface area contributed by atoms with Gasteiger partial charge in [0.25, 0.3) is 0 Å². The lowest BCUT2D eigenvalue weighted by atomic mass is 10.0. The average Bonchev–Trinajstić information content (AvgIpc) is 2.41. The molecule has 0 amide bonds. The first-order valence-corrected chi connectivity index (χ1v) is 7.88. The van der Waals surface area contributed by atoms with Crippen molar-refractivity contribution in [1.29, 1.82) is 0 Å². The lowest BCUT2D eigenvalue weighted by molar-refractivity contribution is 0.302. The van der Waals surface area contributed by atoms with Gasteiger partial charge in [-0.25, -0.2) is 0 Å². The Hall–Kier alpha value is -0.700. The second-order valence-corrected chi connectivity index (χ2v) is 6.60. The van der Waals surface area contributed by atoms with Crippen molar-refractivity contribution in [2.24, 2.45) is 0 Å². The fraction of sp³-hybridized carbons (Fsp3) is 0.250. The van der Waals surface area contributed by atoms with Gasteiger partial charge in [0.05, 0.1) is 10.0 Å². The molecule has 0 aromatic heterocycles. The Bertz CT molecular complexity index is 611. The van der Waals surface area contributed by atoms with E-state index in [1.807, 2.05) is 24.3 Å². The Morgan fingerprint density at radius 3 is 2.45 bits per heavy atom. The van der Waals surface area contributed by atoms with E-state index in [1.165, 1.54) is 5.56 Å². The molecule has 0 aliphatic heterocycles. The predicted octanol–water partition coefficient (Wildman–Crippen LogP) is 6.46. The van der Waals surface area contributed by atoms with Crippen molar-refractivity contribution in [3.8, 4) is 5.75 Å². The molecular formula is C16H15BrCl2O. The molecule has 106 valence electrons. The van der Waals surface area contributed by atoms with Gasteiger partial charge in [-0.15, -0.1) is 0 Å². The molecule has 0 heterocycles. The van der Waals surface area contributed by atoms with E-state index in [1.54, 1.807) is 6.07 Å². The Kier molecular flexibility index (Phi) is 5.36. The summed E-state index contributed by atoms with van der Waals surface area (Å²) in [5, 5.41) is 1.11. The maximum Gasteiger partial charge on any atom is 0.123 e. The van der Waals surface area contributed by atoms with E-state index < -0.39 is 0 Å². The smallest absolute Gasteiger partial charge is 0.123 e. The summed E-state index contributed by atoms with van der Waals surface area (Å²) in [5.41, 5.74) is 2.18. The third kappa shape index (κ3) is 3.91. The second kappa shape index (κ2) is 6.84. The van der Waals surface area contributed by atoms with Crippen LogP contribution in [0.2, 0.25) is 10.0 Å². The van der Waals surface area contributed by atoms with Crippen LogP contribution in [0.1, 0.15) is 30.9 Å². The zero-order valence-electron chi connectivity index (χ0n) is 11.3. The third-order valence-electron chi connectivity index (χ3n) is 2.97. The molecule has 0 atom stereocenters. The number of ether oxygens (including phenoxy) is 1. The molecule has 2 aromatic carbocycles. The summed E-state index contributed by atoms with van der Waals surface area (Å²) < 4.78 is 6.97. The fourth-order valence-corrected chi connectivity index (χ4v) is 2.59. The summed E-state index contributed by atoms with van der Waals surface area (Å²) in [6.07, 6.45) is 0. The molecule has 0 aliphatic rings. The zero-order chi connectivity index (χ0) is 14.7. The second-order valence-electron chi connectivity index (χ2n) is 4.87. The van der Waals surface area contributed by atoms with Crippen molar-refractivity contribution in [3.05, 3.63) is 62.0 Å². The molecule has 0 saturated heterocycles. The van der Waals surface area contributed by atoms with Crippen LogP contribution >= 0.6 is 39.1 Å². The standard InChI is InChI=1S/C16H15BrCl2O/c1-10(2)13-8-12(17)4-6-16(13)20-9-11-3-5-14(18)15(19)7-11/h3-8,10H,9H2,1-2H3. The van der Waals surface area contributed by atoms with E-state index in [0.717, 1.165) is 15.8 Å². The summed E-state index contributed by atoms with van der Waals surface area (Å²) in [6, 6.07) is 11.6. The molecule has 0 radical (unpaired) electrons. The van der Waals surface area contributed by atoms with Gasteiger partial charge in [-0.1, -0.05) is 59.0 Å². The van der Waals surface area contributed by atoms with E-state index >= 15 is 0 Å². The molecule has 0 bridgehead atoms. The number of rotatable bonds is 4. The van der Waals surface area contributed by atoms with Crippen molar-refractivity contribution in [2.75, 3.05) is 0 Å². The molecule has 0 N–H and O–H groups in total. The van der Waals surface area contributed by atoms with Gasteiger partial charge >= 0.3 is 0 Å². The largest absolute Gasteiger partial charge is 0.489 e. The van der Waals surface area contributed by atoms with Crippen LogP contribution in [0.3, 0.4) is 0 Å². The molecule has 0 aliphatic carbocycles. The van der Waals surface area contributed by atoms with E-state index in [0.29, 0.717) is 22.6 Å². The van der Waals surface area contributed by atoms with Gasteiger partial charge in [0.1, 0.15) is 12.4 Å². The number of hydrogen-bond acceptors (Lipinski definition) is 1. The quantitative estimate of drug-likeness (QED) is 0.597. The van der Waals surface area contributed by atoms with Crippen LogP contribution in [0.15, 0.2) is 40.9 Å². The van der Waals surface area contributed by atoms with Crippen LogP contribution in [0, 0.1) is 0 Å². The minimum atomic E-state index is 0.399. The van der Waals surface area contributed by atoms with Crippen molar-refractivity contribution in [2.45, 2.75) is 26.4 Å². The van der Waals surface area contributed by atoms with E-state index in [2.05, 4.69) is 35.8 Å². The molecule has 2 aromatic rings. The van der Waals surface area contributed by atoms with Gasteiger partial charge in [0.2, 0.25) is 0 Å². The Morgan fingerprint density at radius 1 is 1.05 bits per heavy atom. The normalized spacial score (nSPS) is 10.9. The highest BCUT2D eigenvalue weighted by atomic mass is 79.9. The highest BCUT2D eigenvalue weighted by Crippen LogP contribution is 2.30. The number of benzene rings is 2. The Labute approximate surface area is 138 Å². The number of halogens is 3. The maximum absolute atomic E-state index is 6.00. The molecule has 4 heteroatoms. The van der Waals surface area contributed by atoms with E-state index in [-0.39, 0.29) is 0 Å². The summed E-state index contributed by atoms with van der Waals surface area (Å²) in [5.74, 6) is 1.30. The first kappa shape index (κ1) is 15.7. The molecule has 0 fully saturated rings. The minimum absolute atomic E-state index is 0.399. The van der Waals surface area contributed by atoms with Gasteiger partial charge in [0.15, 0.2) is 0 Å². The first-order valence-electron chi connectivity index (χ1n) is 6.33. The highest BCUT2D eigenvalue weighted by molar-refractivity contribution is 9.10. The van der Waals surface area contributed by atoms with Crippen LogP contribution in [-0.2, 0) is 6.61 Å². The molecule has 0 saturated carbocycles. The third-order valence-corrected chi connectivity index (χ3v) is 4.20. The SMILES string of the molecule is CC(C)c1cc(Br)ccc1OCc1ccc(Cl)c(Cl)c1. The van der Waals surface area contributed by atoms with E-state index in [9.17, 15) is 0 Å². The monoisotopic (exact) mass is 372 g/mol. The first-order chi connectivity index (χ1) is 9.47. The Morgan fingerprint density at radius 2 is 1.80 bits per heavy atom. The molecule has 0 spiro atoms.